The average Bonchev–Trinajstić information content (AvgIpc) is 2.61. The minimum atomic E-state index is -4.32. The summed E-state index contributed by atoms with van der Waals surface area (Å²) in [5, 5.41) is 1.31. The van der Waals surface area contributed by atoms with Crippen molar-refractivity contribution in [1.82, 2.24) is 5.32 Å². The maximum Gasteiger partial charge on any atom is 0.276 e. The summed E-state index contributed by atoms with van der Waals surface area (Å²) in [6, 6.07) is 0. The van der Waals surface area contributed by atoms with Gasteiger partial charge in [0.25, 0.3) is 10.1 Å². The van der Waals surface area contributed by atoms with E-state index < -0.39 is 21.2 Å². The molecule has 1 atom stereocenters. The Balaban J connectivity index is 3.56. The van der Waals surface area contributed by atoms with Crippen molar-refractivity contribution >= 4 is 15.9 Å². The average molecular weight is 404 g/mol. The Bertz CT molecular complexity index is 488. The number of carbonyl (C=O) groups excluding carboxylic acids is 1. The molecule has 0 aliphatic heterocycles. The van der Waals surface area contributed by atoms with Crippen LogP contribution in [0.5, 0.6) is 0 Å². The second-order valence-electron chi connectivity index (χ2n) is 7.36. The molecule has 0 bridgehead atoms. The van der Waals surface area contributed by atoms with Crippen LogP contribution in [-0.2, 0) is 14.9 Å². The molecule has 2 N–H and O–H groups in total. The van der Waals surface area contributed by atoms with E-state index in [1.165, 1.54) is 44.9 Å². The van der Waals surface area contributed by atoms with E-state index in [9.17, 15) is 13.2 Å². The van der Waals surface area contributed by atoms with Gasteiger partial charge in [-0.15, -0.1) is 0 Å². The Labute approximate surface area is 167 Å². The highest BCUT2D eigenvalue weighted by atomic mass is 32.2. The largest absolute Gasteiger partial charge is 0.318 e. The van der Waals surface area contributed by atoms with Gasteiger partial charge in [0, 0.05) is 13.0 Å². The number of rotatable bonds is 19. The topological polar surface area (TPSA) is 83.5 Å². The normalized spacial score (nSPS) is 13.3. The number of Topliss-reactive ketones (excluding diaryl/α,β-unsaturated/α-hetero) is 1. The second kappa shape index (κ2) is 17.4. The molecule has 0 aromatic rings. The fraction of sp³-hybridized carbons (Fsp3) is 0.857. The Morgan fingerprint density at radius 2 is 1.37 bits per heavy atom. The second-order valence-corrected chi connectivity index (χ2v) is 8.96. The number of nitrogens with one attached hydrogen (secondary N) is 1. The van der Waals surface area contributed by atoms with Crippen molar-refractivity contribution in [2.75, 3.05) is 13.6 Å². The molecule has 0 fully saturated rings. The van der Waals surface area contributed by atoms with E-state index in [0.29, 0.717) is 6.42 Å². The molecule has 27 heavy (non-hydrogen) atoms. The summed E-state index contributed by atoms with van der Waals surface area (Å²) in [6.07, 6.45) is 20.1. The van der Waals surface area contributed by atoms with Gasteiger partial charge in [-0.3, -0.25) is 9.35 Å². The van der Waals surface area contributed by atoms with Crippen LogP contribution in [-0.4, -0.2) is 37.6 Å². The Kier molecular flexibility index (Phi) is 16.9. The SMILES string of the molecule is CCCCCCCC/C=C\CCCCCCCC(=O)C(CNC)S(=O)(=O)O. The zero-order chi connectivity index (χ0) is 20.4. The van der Waals surface area contributed by atoms with Crippen LogP contribution in [0.3, 0.4) is 0 Å². The highest BCUT2D eigenvalue weighted by Gasteiger charge is 2.29. The summed E-state index contributed by atoms with van der Waals surface area (Å²) < 4.78 is 31.5. The molecule has 0 aromatic heterocycles. The lowest BCUT2D eigenvalue weighted by Crippen LogP contribution is -2.38. The summed E-state index contributed by atoms with van der Waals surface area (Å²) in [7, 11) is -2.75. The maximum atomic E-state index is 11.9. The zero-order valence-corrected chi connectivity index (χ0v) is 18.2. The van der Waals surface area contributed by atoms with E-state index >= 15 is 0 Å². The molecular weight excluding hydrogens is 362 g/mol. The molecule has 6 heteroatoms. The lowest BCUT2D eigenvalue weighted by Gasteiger charge is -2.12. The minimum Gasteiger partial charge on any atom is -0.318 e. The molecule has 0 aliphatic rings. The lowest BCUT2D eigenvalue weighted by molar-refractivity contribution is -0.118. The van der Waals surface area contributed by atoms with E-state index in [0.717, 1.165) is 32.1 Å². The third kappa shape index (κ3) is 16.0. The van der Waals surface area contributed by atoms with Gasteiger partial charge in [-0.2, -0.15) is 8.42 Å². The Hall–Kier alpha value is -0.720. The first-order valence-electron chi connectivity index (χ1n) is 10.7. The zero-order valence-electron chi connectivity index (χ0n) is 17.4. The summed E-state index contributed by atoms with van der Waals surface area (Å²) in [5.74, 6) is -0.399. The molecule has 5 nitrogen and oxygen atoms in total. The smallest absolute Gasteiger partial charge is 0.276 e. The first-order valence-corrected chi connectivity index (χ1v) is 12.2. The molecule has 0 amide bonds. The predicted molar refractivity (Wildman–Crippen MR) is 114 cm³/mol. The van der Waals surface area contributed by atoms with Gasteiger partial charge in [-0.25, -0.2) is 0 Å². The fourth-order valence-electron chi connectivity index (χ4n) is 3.10. The summed E-state index contributed by atoms with van der Waals surface area (Å²) >= 11 is 0. The minimum absolute atomic E-state index is 0.0389. The summed E-state index contributed by atoms with van der Waals surface area (Å²) in [6.45, 7) is 2.20. The molecule has 0 aliphatic carbocycles. The predicted octanol–water partition coefficient (Wildman–Crippen LogP) is 5.07. The van der Waals surface area contributed by atoms with Crippen molar-refractivity contribution < 1.29 is 17.8 Å². The lowest BCUT2D eigenvalue weighted by atomic mass is 10.1. The number of ketones is 1. The standard InChI is InChI=1S/C21H41NO4S/c1-3-4-5-6-7-8-9-10-11-12-13-14-15-16-17-18-20(23)21(19-22-2)27(24,25)26/h10-11,21-22H,3-9,12-19H2,1-2H3,(H,24,25,26)/b11-10-. The van der Waals surface area contributed by atoms with Gasteiger partial charge < -0.3 is 5.32 Å². The number of hydrogen-bond acceptors (Lipinski definition) is 4. The van der Waals surface area contributed by atoms with Crippen molar-refractivity contribution in [2.24, 2.45) is 0 Å². The maximum absolute atomic E-state index is 11.9. The number of hydrogen-bond donors (Lipinski definition) is 2. The van der Waals surface area contributed by atoms with Crippen LogP contribution >= 0.6 is 0 Å². The van der Waals surface area contributed by atoms with E-state index in [-0.39, 0.29) is 13.0 Å². The van der Waals surface area contributed by atoms with Crippen LogP contribution in [0.2, 0.25) is 0 Å². The molecule has 160 valence electrons. The van der Waals surface area contributed by atoms with Gasteiger partial charge in [0.05, 0.1) is 0 Å². The number of unbranched alkanes of at least 4 members (excludes halogenated alkanes) is 11. The molecule has 1 unspecified atom stereocenters. The van der Waals surface area contributed by atoms with E-state index in [1.807, 2.05) is 0 Å². The number of carbonyl (C=O) groups is 1. The molecule has 0 saturated heterocycles. The van der Waals surface area contributed by atoms with Crippen LogP contribution < -0.4 is 5.32 Å². The first-order chi connectivity index (χ1) is 12.9. The molecule has 0 spiro atoms. The molecule has 0 saturated carbocycles. The first kappa shape index (κ1) is 26.3. The van der Waals surface area contributed by atoms with Crippen molar-refractivity contribution in [1.29, 1.82) is 0 Å². The Morgan fingerprint density at radius 1 is 0.889 bits per heavy atom. The highest BCUT2D eigenvalue weighted by molar-refractivity contribution is 7.87. The van der Waals surface area contributed by atoms with Gasteiger partial charge in [0.15, 0.2) is 11.0 Å². The summed E-state index contributed by atoms with van der Waals surface area (Å²) in [4.78, 5) is 11.9. The Morgan fingerprint density at radius 3 is 1.85 bits per heavy atom. The monoisotopic (exact) mass is 403 g/mol. The molecule has 0 aromatic carbocycles. The van der Waals surface area contributed by atoms with Crippen molar-refractivity contribution in [2.45, 2.75) is 102 Å². The number of allylic oxidation sites excluding steroid dienone is 2. The van der Waals surface area contributed by atoms with Crippen molar-refractivity contribution in [3.8, 4) is 0 Å². The van der Waals surface area contributed by atoms with Gasteiger partial charge in [0.2, 0.25) is 0 Å². The van der Waals surface area contributed by atoms with E-state index in [1.54, 1.807) is 7.05 Å². The van der Waals surface area contributed by atoms with E-state index in [2.05, 4.69) is 24.4 Å². The van der Waals surface area contributed by atoms with Gasteiger partial charge in [-0.05, 0) is 39.2 Å². The van der Waals surface area contributed by atoms with Gasteiger partial charge in [0.1, 0.15) is 0 Å². The molecular formula is C21H41NO4S. The van der Waals surface area contributed by atoms with Crippen LogP contribution in [0, 0.1) is 0 Å². The van der Waals surface area contributed by atoms with Crippen molar-refractivity contribution in [3.63, 3.8) is 0 Å². The van der Waals surface area contributed by atoms with E-state index in [4.69, 9.17) is 4.55 Å². The van der Waals surface area contributed by atoms with Crippen LogP contribution in [0.15, 0.2) is 12.2 Å². The quantitative estimate of drug-likeness (QED) is 0.179. The molecule has 0 heterocycles. The van der Waals surface area contributed by atoms with Crippen LogP contribution in [0.25, 0.3) is 0 Å². The van der Waals surface area contributed by atoms with Crippen molar-refractivity contribution in [3.05, 3.63) is 12.2 Å². The van der Waals surface area contributed by atoms with Gasteiger partial charge in [-0.1, -0.05) is 70.4 Å². The highest BCUT2D eigenvalue weighted by Crippen LogP contribution is 2.12. The van der Waals surface area contributed by atoms with Gasteiger partial charge >= 0.3 is 0 Å². The molecule has 0 rings (SSSR count). The van der Waals surface area contributed by atoms with Crippen LogP contribution in [0.4, 0.5) is 0 Å². The molecule has 0 radical (unpaired) electrons. The summed E-state index contributed by atoms with van der Waals surface area (Å²) in [5.41, 5.74) is 0. The third-order valence-corrected chi connectivity index (χ3v) is 5.94. The fourth-order valence-corrected chi connectivity index (χ4v) is 3.93. The third-order valence-electron chi connectivity index (χ3n) is 4.79. The van der Waals surface area contributed by atoms with Crippen LogP contribution in [0.1, 0.15) is 96.8 Å².